The average molecular weight is 422 g/mol. The van der Waals surface area contributed by atoms with Crippen LogP contribution in [0.15, 0.2) is 48.5 Å². The Balaban J connectivity index is 1.47. The summed E-state index contributed by atoms with van der Waals surface area (Å²) >= 11 is 0. The van der Waals surface area contributed by atoms with Crippen LogP contribution < -0.4 is 9.80 Å². The third-order valence-corrected chi connectivity index (χ3v) is 7.13. The molecule has 1 aliphatic carbocycles. The van der Waals surface area contributed by atoms with E-state index in [4.69, 9.17) is 4.98 Å². The SMILES string of the molecule is Cc1ccc(N2CCN(c3c4c(c(C#N)c5nc6ccccc6n35)CCCC4)CC2)cc1. The van der Waals surface area contributed by atoms with Crippen molar-refractivity contribution >= 4 is 28.2 Å². The van der Waals surface area contributed by atoms with E-state index >= 15 is 0 Å². The fourth-order valence-corrected chi connectivity index (χ4v) is 5.49. The van der Waals surface area contributed by atoms with Crippen LogP contribution >= 0.6 is 0 Å². The van der Waals surface area contributed by atoms with Crippen molar-refractivity contribution in [3.8, 4) is 6.07 Å². The second kappa shape index (κ2) is 7.56. The minimum atomic E-state index is 0.776. The fourth-order valence-electron chi connectivity index (χ4n) is 5.49. The third-order valence-electron chi connectivity index (χ3n) is 7.13. The molecule has 1 fully saturated rings. The molecule has 6 rings (SSSR count). The first-order chi connectivity index (χ1) is 15.7. The van der Waals surface area contributed by atoms with Crippen LogP contribution in [0.2, 0.25) is 0 Å². The van der Waals surface area contributed by atoms with E-state index in [0.717, 1.165) is 67.7 Å². The molecule has 32 heavy (non-hydrogen) atoms. The lowest BCUT2D eigenvalue weighted by Crippen LogP contribution is -2.47. The number of fused-ring (bicyclic) bond motifs is 4. The second-order valence-corrected chi connectivity index (χ2v) is 9.04. The maximum atomic E-state index is 10.1. The Morgan fingerprint density at radius 2 is 1.53 bits per heavy atom. The molecule has 0 radical (unpaired) electrons. The van der Waals surface area contributed by atoms with Crippen molar-refractivity contribution in [2.75, 3.05) is 36.0 Å². The first-order valence-corrected chi connectivity index (χ1v) is 11.7. The van der Waals surface area contributed by atoms with Gasteiger partial charge in [0.1, 0.15) is 11.9 Å². The van der Waals surface area contributed by atoms with E-state index in [2.05, 4.69) is 69.7 Å². The minimum Gasteiger partial charge on any atom is -0.368 e. The molecule has 0 amide bonds. The highest BCUT2D eigenvalue weighted by molar-refractivity contribution is 5.86. The smallest absolute Gasteiger partial charge is 0.157 e. The summed E-state index contributed by atoms with van der Waals surface area (Å²) in [6.07, 6.45) is 4.36. The van der Waals surface area contributed by atoms with Crippen LogP contribution in [0.3, 0.4) is 0 Å². The fraction of sp³-hybridized carbons (Fsp3) is 0.333. The number of nitriles is 1. The largest absolute Gasteiger partial charge is 0.368 e. The number of para-hydroxylation sites is 2. The molecule has 2 aromatic carbocycles. The van der Waals surface area contributed by atoms with E-state index in [1.165, 1.54) is 34.6 Å². The second-order valence-electron chi connectivity index (χ2n) is 9.04. The van der Waals surface area contributed by atoms with Crippen LogP contribution in [-0.2, 0) is 12.8 Å². The van der Waals surface area contributed by atoms with Gasteiger partial charge in [-0.15, -0.1) is 0 Å². The van der Waals surface area contributed by atoms with Gasteiger partial charge in [-0.05, 0) is 68.0 Å². The summed E-state index contributed by atoms with van der Waals surface area (Å²) in [5, 5.41) is 10.1. The molecule has 160 valence electrons. The Labute approximate surface area is 188 Å². The number of rotatable bonds is 2. The molecular formula is C27H27N5. The van der Waals surface area contributed by atoms with Crippen molar-refractivity contribution < 1.29 is 0 Å². The zero-order chi connectivity index (χ0) is 21.7. The normalized spacial score (nSPS) is 16.4. The highest BCUT2D eigenvalue weighted by atomic mass is 15.3. The van der Waals surface area contributed by atoms with E-state index in [-0.39, 0.29) is 0 Å². The van der Waals surface area contributed by atoms with E-state index in [1.807, 2.05) is 6.07 Å². The van der Waals surface area contributed by atoms with Crippen molar-refractivity contribution in [2.24, 2.45) is 0 Å². The van der Waals surface area contributed by atoms with Crippen molar-refractivity contribution in [3.05, 3.63) is 70.8 Å². The maximum absolute atomic E-state index is 10.1. The van der Waals surface area contributed by atoms with Crippen molar-refractivity contribution in [2.45, 2.75) is 32.6 Å². The van der Waals surface area contributed by atoms with Crippen molar-refractivity contribution in [3.63, 3.8) is 0 Å². The molecule has 4 aromatic rings. The minimum absolute atomic E-state index is 0.776. The number of aromatic nitrogens is 2. The summed E-state index contributed by atoms with van der Waals surface area (Å²) in [6, 6.07) is 19.7. The molecule has 2 aliphatic rings. The van der Waals surface area contributed by atoms with E-state index in [1.54, 1.807) is 0 Å². The standard InChI is InChI=1S/C27H27N5/c1-19-10-12-20(13-11-19)30-14-16-31(17-15-30)27-22-7-3-2-6-21(22)23(18-28)26-29-24-8-4-5-9-25(24)32(26)27/h4-5,8-13H,2-3,6-7,14-17H2,1H3. The summed E-state index contributed by atoms with van der Waals surface area (Å²) in [5.41, 5.74) is 8.86. The number of hydrogen-bond donors (Lipinski definition) is 0. The molecular weight excluding hydrogens is 394 g/mol. The summed E-state index contributed by atoms with van der Waals surface area (Å²) in [5.74, 6) is 1.27. The first kappa shape index (κ1) is 19.2. The molecule has 0 N–H and O–H groups in total. The highest BCUT2D eigenvalue weighted by Gasteiger charge is 2.29. The van der Waals surface area contributed by atoms with Gasteiger partial charge in [-0.3, -0.25) is 4.40 Å². The molecule has 5 heteroatoms. The number of aryl methyl sites for hydroxylation is 1. The van der Waals surface area contributed by atoms with E-state index < -0.39 is 0 Å². The third kappa shape index (κ3) is 2.94. The van der Waals surface area contributed by atoms with Gasteiger partial charge in [0.2, 0.25) is 0 Å². The van der Waals surface area contributed by atoms with Crippen LogP contribution in [0.25, 0.3) is 16.7 Å². The molecule has 1 aliphatic heterocycles. The predicted molar refractivity (Wildman–Crippen MR) is 130 cm³/mol. The van der Waals surface area contributed by atoms with Crippen molar-refractivity contribution in [1.29, 1.82) is 5.26 Å². The number of benzene rings is 2. The number of imidazole rings is 1. The number of pyridine rings is 1. The topological polar surface area (TPSA) is 47.6 Å². The molecule has 0 bridgehead atoms. The first-order valence-electron chi connectivity index (χ1n) is 11.7. The van der Waals surface area contributed by atoms with Gasteiger partial charge in [-0.1, -0.05) is 29.8 Å². The Bertz CT molecular complexity index is 1350. The van der Waals surface area contributed by atoms with Crippen LogP contribution in [-0.4, -0.2) is 35.6 Å². The Kier molecular flexibility index (Phi) is 4.53. The molecule has 3 heterocycles. The maximum Gasteiger partial charge on any atom is 0.157 e. The molecule has 0 unspecified atom stereocenters. The zero-order valence-corrected chi connectivity index (χ0v) is 18.5. The predicted octanol–water partition coefficient (Wildman–Crippen LogP) is 4.87. The summed E-state index contributed by atoms with van der Waals surface area (Å²) in [4.78, 5) is 9.94. The zero-order valence-electron chi connectivity index (χ0n) is 18.5. The van der Waals surface area contributed by atoms with E-state index in [9.17, 15) is 5.26 Å². The van der Waals surface area contributed by atoms with Gasteiger partial charge in [0.15, 0.2) is 5.65 Å². The van der Waals surface area contributed by atoms with E-state index in [0.29, 0.717) is 0 Å². The average Bonchev–Trinajstić information content (AvgIpc) is 3.22. The molecule has 2 aromatic heterocycles. The summed E-state index contributed by atoms with van der Waals surface area (Å²) in [7, 11) is 0. The van der Waals surface area contributed by atoms with Crippen LogP contribution in [0.5, 0.6) is 0 Å². The number of hydrogen-bond acceptors (Lipinski definition) is 4. The quantitative estimate of drug-likeness (QED) is 0.463. The molecule has 0 spiro atoms. The van der Waals surface area contributed by atoms with Crippen molar-refractivity contribution in [1.82, 2.24) is 9.38 Å². The number of piperazine rings is 1. The molecule has 0 saturated carbocycles. The number of nitrogens with zero attached hydrogens (tertiary/aromatic N) is 5. The Morgan fingerprint density at radius 3 is 2.28 bits per heavy atom. The molecule has 1 saturated heterocycles. The van der Waals surface area contributed by atoms with Gasteiger partial charge < -0.3 is 9.80 Å². The monoisotopic (exact) mass is 421 g/mol. The van der Waals surface area contributed by atoms with Gasteiger partial charge in [0.05, 0.1) is 16.6 Å². The lowest BCUT2D eigenvalue weighted by molar-refractivity contribution is 0.629. The summed E-state index contributed by atoms with van der Waals surface area (Å²) in [6.45, 7) is 6.05. The lowest BCUT2D eigenvalue weighted by Gasteiger charge is -2.39. The van der Waals surface area contributed by atoms with Gasteiger partial charge in [0, 0.05) is 31.9 Å². The Hall–Kier alpha value is -3.52. The summed E-state index contributed by atoms with van der Waals surface area (Å²) < 4.78 is 2.28. The van der Waals surface area contributed by atoms with Gasteiger partial charge in [-0.2, -0.15) is 5.26 Å². The number of anilines is 2. The van der Waals surface area contributed by atoms with Gasteiger partial charge in [-0.25, -0.2) is 4.98 Å². The van der Waals surface area contributed by atoms with Crippen LogP contribution in [0, 0.1) is 18.3 Å². The van der Waals surface area contributed by atoms with Gasteiger partial charge >= 0.3 is 0 Å². The Morgan fingerprint density at radius 1 is 0.844 bits per heavy atom. The molecule has 5 nitrogen and oxygen atoms in total. The van der Waals surface area contributed by atoms with Gasteiger partial charge in [0.25, 0.3) is 0 Å². The lowest BCUT2D eigenvalue weighted by atomic mass is 9.88. The molecule has 0 atom stereocenters. The van der Waals surface area contributed by atoms with Crippen LogP contribution in [0.1, 0.15) is 35.1 Å². The highest BCUT2D eigenvalue weighted by Crippen LogP contribution is 2.38. The van der Waals surface area contributed by atoms with Crippen LogP contribution in [0.4, 0.5) is 11.5 Å².